The number of pyridine rings is 1. The van der Waals surface area contributed by atoms with Gasteiger partial charge in [0.2, 0.25) is 0 Å². The molecule has 0 radical (unpaired) electrons. The monoisotopic (exact) mass is 295 g/mol. The Bertz CT molecular complexity index is 491. The van der Waals surface area contributed by atoms with Gasteiger partial charge >= 0.3 is 0 Å². The van der Waals surface area contributed by atoms with Crippen LogP contribution in [0, 0.1) is 10.1 Å². The lowest BCUT2D eigenvalue weighted by Crippen LogP contribution is -2.42. The number of morpholine rings is 1. The van der Waals surface area contributed by atoms with Gasteiger partial charge in [0.15, 0.2) is 0 Å². The number of nitro groups is 1. The molecule has 2 N–H and O–H groups in total. The zero-order chi connectivity index (χ0) is 15.2. The second kappa shape index (κ2) is 7.19. The number of nitrogens with one attached hydrogen (secondary N) is 2. The smallest absolute Gasteiger partial charge is 0.276 e. The minimum Gasteiger partial charge on any atom is -0.379 e. The van der Waals surface area contributed by atoms with Gasteiger partial charge in [-0.05, 0) is 6.92 Å². The Kier molecular flexibility index (Phi) is 5.29. The summed E-state index contributed by atoms with van der Waals surface area (Å²) in [4.78, 5) is 17.1. The molecule has 0 aliphatic carbocycles. The number of ether oxygens (including phenoxy) is 1. The van der Waals surface area contributed by atoms with Crippen molar-refractivity contribution >= 4 is 17.3 Å². The predicted molar refractivity (Wildman–Crippen MR) is 80.8 cm³/mol. The van der Waals surface area contributed by atoms with Gasteiger partial charge < -0.3 is 15.4 Å². The summed E-state index contributed by atoms with van der Waals surface area (Å²) >= 11 is 0. The maximum atomic E-state index is 10.9. The summed E-state index contributed by atoms with van der Waals surface area (Å²) < 4.78 is 5.31. The van der Waals surface area contributed by atoms with Gasteiger partial charge in [0.25, 0.3) is 5.69 Å². The molecule has 0 amide bonds. The van der Waals surface area contributed by atoms with Gasteiger partial charge in [-0.3, -0.25) is 15.0 Å². The van der Waals surface area contributed by atoms with E-state index in [-0.39, 0.29) is 11.7 Å². The van der Waals surface area contributed by atoms with E-state index in [1.165, 1.54) is 12.1 Å². The molecule has 0 bridgehead atoms. The molecule has 116 valence electrons. The van der Waals surface area contributed by atoms with E-state index < -0.39 is 4.92 Å². The molecule has 1 aromatic rings. The van der Waals surface area contributed by atoms with Gasteiger partial charge in [0.05, 0.1) is 30.3 Å². The highest BCUT2D eigenvalue weighted by molar-refractivity contribution is 5.54. The van der Waals surface area contributed by atoms with Crippen LogP contribution in [0.1, 0.15) is 6.92 Å². The first-order valence-corrected chi connectivity index (χ1v) is 6.99. The van der Waals surface area contributed by atoms with Crippen LogP contribution in [0.2, 0.25) is 0 Å². The Morgan fingerprint density at radius 2 is 2.10 bits per heavy atom. The lowest BCUT2D eigenvalue weighted by molar-refractivity contribution is -0.384. The average molecular weight is 295 g/mol. The van der Waals surface area contributed by atoms with Crippen molar-refractivity contribution < 1.29 is 9.66 Å². The first-order valence-electron chi connectivity index (χ1n) is 6.99. The Hall–Kier alpha value is -1.93. The third-order valence-electron chi connectivity index (χ3n) is 3.31. The fraction of sp³-hybridized carbons (Fsp3) is 0.615. The second-order valence-electron chi connectivity index (χ2n) is 5.06. The molecule has 1 atom stereocenters. The van der Waals surface area contributed by atoms with Gasteiger partial charge in [-0.2, -0.15) is 0 Å². The number of aromatic nitrogens is 1. The zero-order valence-corrected chi connectivity index (χ0v) is 12.3. The Morgan fingerprint density at radius 1 is 1.43 bits per heavy atom. The van der Waals surface area contributed by atoms with E-state index in [1.54, 1.807) is 7.05 Å². The molecule has 1 fully saturated rings. The SMILES string of the molecule is CNc1cc([N+](=O)[O-])cc(NC(C)CN2CCOCC2)n1. The zero-order valence-electron chi connectivity index (χ0n) is 12.3. The Balaban J connectivity index is 2.00. The minimum atomic E-state index is -0.416. The molecule has 2 heterocycles. The van der Waals surface area contributed by atoms with Crippen molar-refractivity contribution in [3.8, 4) is 0 Å². The normalized spacial score (nSPS) is 17.2. The molecular formula is C13H21N5O3. The van der Waals surface area contributed by atoms with Gasteiger partial charge in [-0.25, -0.2) is 4.98 Å². The lowest BCUT2D eigenvalue weighted by atomic mass is 10.2. The number of rotatable bonds is 6. The standard InChI is InChI=1S/C13H21N5O3/c1-10(9-17-3-5-21-6-4-17)15-13-8-11(18(19)20)7-12(14-2)16-13/h7-8,10H,3-6,9H2,1-2H3,(H2,14,15,16). The van der Waals surface area contributed by atoms with Crippen LogP contribution in [0.25, 0.3) is 0 Å². The Labute approximate surface area is 123 Å². The quantitative estimate of drug-likeness (QED) is 0.601. The number of hydrogen-bond donors (Lipinski definition) is 2. The molecule has 0 saturated carbocycles. The van der Waals surface area contributed by atoms with E-state index in [0.717, 1.165) is 32.8 Å². The van der Waals surface area contributed by atoms with E-state index in [2.05, 4.69) is 20.5 Å². The van der Waals surface area contributed by atoms with Gasteiger partial charge in [0.1, 0.15) is 11.6 Å². The molecule has 1 unspecified atom stereocenters. The van der Waals surface area contributed by atoms with E-state index in [0.29, 0.717) is 11.6 Å². The number of anilines is 2. The molecular weight excluding hydrogens is 274 g/mol. The van der Waals surface area contributed by atoms with E-state index in [9.17, 15) is 10.1 Å². The minimum absolute atomic E-state index is 0.0235. The molecule has 8 nitrogen and oxygen atoms in total. The van der Waals surface area contributed by atoms with Gasteiger partial charge in [-0.15, -0.1) is 0 Å². The summed E-state index contributed by atoms with van der Waals surface area (Å²) in [7, 11) is 1.69. The summed E-state index contributed by atoms with van der Waals surface area (Å²) in [5.74, 6) is 0.986. The Morgan fingerprint density at radius 3 is 2.71 bits per heavy atom. The van der Waals surface area contributed by atoms with Crippen molar-refractivity contribution in [3.63, 3.8) is 0 Å². The average Bonchev–Trinajstić information content (AvgIpc) is 2.47. The molecule has 8 heteroatoms. The van der Waals surface area contributed by atoms with Crippen LogP contribution in [0.5, 0.6) is 0 Å². The van der Waals surface area contributed by atoms with Crippen molar-refractivity contribution in [3.05, 3.63) is 22.2 Å². The van der Waals surface area contributed by atoms with Crippen LogP contribution in [-0.4, -0.2) is 60.7 Å². The molecule has 1 aliphatic rings. The molecule has 21 heavy (non-hydrogen) atoms. The summed E-state index contributed by atoms with van der Waals surface area (Å²) in [6.45, 7) is 6.22. The van der Waals surface area contributed by atoms with Crippen molar-refractivity contribution in [1.82, 2.24) is 9.88 Å². The first kappa shape index (κ1) is 15.5. The van der Waals surface area contributed by atoms with Crippen LogP contribution >= 0.6 is 0 Å². The largest absolute Gasteiger partial charge is 0.379 e. The fourth-order valence-electron chi connectivity index (χ4n) is 2.29. The number of nitrogens with zero attached hydrogens (tertiary/aromatic N) is 3. The number of hydrogen-bond acceptors (Lipinski definition) is 7. The third kappa shape index (κ3) is 4.54. The maximum Gasteiger partial charge on any atom is 0.276 e. The van der Waals surface area contributed by atoms with E-state index >= 15 is 0 Å². The molecule has 1 aromatic heterocycles. The summed E-state index contributed by atoms with van der Waals surface area (Å²) in [6, 6.07) is 3.01. The highest BCUT2D eigenvalue weighted by Gasteiger charge is 2.16. The summed E-state index contributed by atoms with van der Waals surface area (Å²) in [5.41, 5.74) is 0.0235. The summed E-state index contributed by atoms with van der Waals surface area (Å²) in [5, 5.41) is 17.0. The van der Waals surface area contributed by atoms with Crippen molar-refractivity contribution in [2.75, 3.05) is 50.5 Å². The topological polar surface area (TPSA) is 92.6 Å². The van der Waals surface area contributed by atoms with Crippen molar-refractivity contribution in [2.45, 2.75) is 13.0 Å². The first-order chi connectivity index (χ1) is 10.1. The highest BCUT2D eigenvalue weighted by Crippen LogP contribution is 2.20. The lowest BCUT2D eigenvalue weighted by Gasteiger charge is -2.29. The van der Waals surface area contributed by atoms with Crippen LogP contribution in [-0.2, 0) is 4.74 Å². The van der Waals surface area contributed by atoms with Crippen LogP contribution in [0.4, 0.5) is 17.3 Å². The molecule has 2 rings (SSSR count). The predicted octanol–water partition coefficient (Wildman–Crippen LogP) is 1.16. The second-order valence-corrected chi connectivity index (χ2v) is 5.06. The van der Waals surface area contributed by atoms with Crippen LogP contribution < -0.4 is 10.6 Å². The van der Waals surface area contributed by atoms with E-state index in [4.69, 9.17) is 4.74 Å². The third-order valence-corrected chi connectivity index (χ3v) is 3.31. The van der Waals surface area contributed by atoms with Crippen molar-refractivity contribution in [2.24, 2.45) is 0 Å². The van der Waals surface area contributed by atoms with E-state index in [1.807, 2.05) is 6.92 Å². The molecule has 0 aromatic carbocycles. The molecule has 1 aliphatic heterocycles. The highest BCUT2D eigenvalue weighted by atomic mass is 16.6. The fourth-order valence-corrected chi connectivity index (χ4v) is 2.29. The van der Waals surface area contributed by atoms with Crippen molar-refractivity contribution in [1.29, 1.82) is 0 Å². The van der Waals surface area contributed by atoms with Gasteiger partial charge in [0, 0.05) is 32.7 Å². The maximum absolute atomic E-state index is 10.9. The summed E-state index contributed by atoms with van der Waals surface area (Å²) in [6.07, 6.45) is 0. The molecule has 0 spiro atoms. The van der Waals surface area contributed by atoms with Crippen LogP contribution in [0.15, 0.2) is 12.1 Å². The molecule has 1 saturated heterocycles. The van der Waals surface area contributed by atoms with Gasteiger partial charge in [-0.1, -0.05) is 0 Å². The van der Waals surface area contributed by atoms with Crippen LogP contribution in [0.3, 0.4) is 0 Å².